The van der Waals surface area contributed by atoms with Gasteiger partial charge in [-0.25, -0.2) is 0 Å². The van der Waals surface area contributed by atoms with Crippen LogP contribution in [0, 0.1) is 11.3 Å². The fourth-order valence-corrected chi connectivity index (χ4v) is 3.55. The number of nitrogens with one attached hydrogen (secondary N) is 1. The topological polar surface area (TPSA) is 75.4 Å². The zero-order valence-corrected chi connectivity index (χ0v) is 11.2. The number of nitrogens with two attached hydrogens (primary N) is 1. The number of rotatable bonds is 5. The van der Waals surface area contributed by atoms with Crippen LogP contribution in [0.15, 0.2) is 0 Å². The predicted molar refractivity (Wildman–Crippen MR) is 70.9 cm³/mol. The molecule has 0 aromatic rings. The van der Waals surface area contributed by atoms with Crippen molar-refractivity contribution in [1.82, 2.24) is 5.32 Å². The van der Waals surface area contributed by atoms with E-state index >= 15 is 0 Å². The van der Waals surface area contributed by atoms with Gasteiger partial charge in [0.1, 0.15) is 0 Å². The number of amides is 1. The standard InChI is InChI=1S/C14H26N2O2/c15-12-4-3-11(9-12)13(18)16-10-14(7-8-17)5-1-2-6-14/h11-12,17H,1-10,15H2,(H,16,18). The van der Waals surface area contributed by atoms with Crippen molar-refractivity contribution >= 4 is 5.91 Å². The number of hydrogen-bond donors (Lipinski definition) is 3. The average molecular weight is 254 g/mol. The molecule has 4 heteroatoms. The van der Waals surface area contributed by atoms with E-state index in [4.69, 9.17) is 5.73 Å². The van der Waals surface area contributed by atoms with Gasteiger partial charge in [-0.15, -0.1) is 0 Å². The Labute approximate surface area is 109 Å². The first-order valence-electron chi connectivity index (χ1n) is 7.29. The van der Waals surface area contributed by atoms with Crippen molar-refractivity contribution in [3.63, 3.8) is 0 Å². The van der Waals surface area contributed by atoms with E-state index in [1.807, 2.05) is 0 Å². The number of aliphatic hydroxyl groups is 1. The lowest BCUT2D eigenvalue weighted by molar-refractivity contribution is -0.125. The largest absolute Gasteiger partial charge is 0.396 e. The van der Waals surface area contributed by atoms with E-state index in [0.29, 0.717) is 0 Å². The van der Waals surface area contributed by atoms with Crippen LogP contribution in [-0.2, 0) is 4.79 Å². The lowest BCUT2D eigenvalue weighted by atomic mass is 9.83. The van der Waals surface area contributed by atoms with Gasteiger partial charge in [0.2, 0.25) is 5.91 Å². The Bertz CT molecular complexity index is 288. The normalized spacial score (nSPS) is 30.6. The monoisotopic (exact) mass is 254 g/mol. The molecule has 0 aliphatic heterocycles. The van der Waals surface area contributed by atoms with Crippen molar-refractivity contribution in [3.05, 3.63) is 0 Å². The zero-order valence-electron chi connectivity index (χ0n) is 11.2. The molecule has 1 amide bonds. The van der Waals surface area contributed by atoms with Crippen LogP contribution in [-0.4, -0.2) is 30.2 Å². The second-order valence-corrected chi connectivity index (χ2v) is 6.17. The van der Waals surface area contributed by atoms with Gasteiger partial charge in [0.15, 0.2) is 0 Å². The van der Waals surface area contributed by atoms with Gasteiger partial charge in [0, 0.05) is 25.1 Å². The fourth-order valence-electron chi connectivity index (χ4n) is 3.55. The molecular weight excluding hydrogens is 228 g/mol. The molecule has 0 saturated heterocycles. The van der Waals surface area contributed by atoms with Gasteiger partial charge in [-0.05, 0) is 43.9 Å². The molecule has 0 heterocycles. The molecule has 2 aliphatic rings. The third kappa shape index (κ3) is 3.23. The minimum atomic E-state index is 0.118. The van der Waals surface area contributed by atoms with E-state index in [1.165, 1.54) is 12.8 Å². The van der Waals surface area contributed by atoms with Crippen molar-refractivity contribution in [1.29, 1.82) is 0 Å². The lowest BCUT2D eigenvalue weighted by Gasteiger charge is -2.29. The molecule has 2 atom stereocenters. The highest BCUT2D eigenvalue weighted by atomic mass is 16.3. The molecule has 104 valence electrons. The quantitative estimate of drug-likeness (QED) is 0.689. The highest BCUT2D eigenvalue weighted by Crippen LogP contribution is 2.40. The van der Waals surface area contributed by atoms with Crippen LogP contribution in [0.5, 0.6) is 0 Å². The lowest BCUT2D eigenvalue weighted by Crippen LogP contribution is -2.39. The number of carbonyl (C=O) groups excluding carboxylic acids is 1. The van der Waals surface area contributed by atoms with Crippen molar-refractivity contribution < 1.29 is 9.90 Å². The third-order valence-electron chi connectivity index (χ3n) is 4.79. The molecule has 0 radical (unpaired) electrons. The first kappa shape index (κ1) is 13.8. The van der Waals surface area contributed by atoms with Gasteiger partial charge < -0.3 is 16.2 Å². The summed E-state index contributed by atoms with van der Waals surface area (Å²) in [6, 6.07) is 0.207. The first-order chi connectivity index (χ1) is 8.65. The summed E-state index contributed by atoms with van der Waals surface area (Å²) in [5, 5.41) is 12.3. The smallest absolute Gasteiger partial charge is 0.223 e. The molecule has 0 bridgehead atoms. The summed E-state index contributed by atoms with van der Waals surface area (Å²) >= 11 is 0. The minimum absolute atomic E-state index is 0.118. The van der Waals surface area contributed by atoms with Crippen molar-refractivity contribution in [2.75, 3.05) is 13.2 Å². The highest BCUT2D eigenvalue weighted by molar-refractivity contribution is 5.79. The third-order valence-corrected chi connectivity index (χ3v) is 4.79. The Kier molecular flexibility index (Phi) is 4.62. The Morgan fingerprint density at radius 3 is 2.61 bits per heavy atom. The molecule has 2 rings (SSSR count). The van der Waals surface area contributed by atoms with Crippen LogP contribution in [0.4, 0.5) is 0 Å². The SMILES string of the molecule is NC1CCC(C(=O)NCC2(CCO)CCCC2)C1. The van der Waals surface area contributed by atoms with E-state index in [-0.39, 0.29) is 29.9 Å². The number of hydrogen-bond acceptors (Lipinski definition) is 3. The molecule has 4 N–H and O–H groups in total. The van der Waals surface area contributed by atoms with E-state index in [9.17, 15) is 9.90 Å². The fraction of sp³-hybridized carbons (Fsp3) is 0.929. The van der Waals surface area contributed by atoms with Gasteiger partial charge in [0.05, 0.1) is 0 Å². The van der Waals surface area contributed by atoms with E-state index in [1.54, 1.807) is 0 Å². The molecule has 0 spiro atoms. The van der Waals surface area contributed by atoms with Crippen molar-refractivity contribution in [3.8, 4) is 0 Å². The molecule has 18 heavy (non-hydrogen) atoms. The van der Waals surface area contributed by atoms with Gasteiger partial charge in [-0.2, -0.15) is 0 Å². The second-order valence-electron chi connectivity index (χ2n) is 6.17. The van der Waals surface area contributed by atoms with Crippen LogP contribution in [0.2, 0.25) is 0 Å². The maximum atomic E-state index is 12.1. The average Bonchev–Trinajstić information content (AvgIpc) is 2.97. The Hall–Kier alpha value is -0.610. The highest BCUT2D eigenvalue weighted by Gasteiger charge is 2.35. The van der Waals surface area contributed by atoms with Gasteiger partial charge in [-0.3, -0.25) is 4.79 Å². The van der Waals surface area contributed by atoms with Crippen molar-refractivity contribution in [2.24, 2.45) is 17.1 Å². The van der Waals surface area contributed by atoms with Crippen LogP contribution in [0.25, 0.3) is 0 Å². The van der Waals surface area contributed by atoms with E-state index < -0.39 is 0 Å². The minimum Gasteiger partial charge on any atom is -0.396 e. The maximum Gasteiger partial charge on any atom is 0.223 e. The number of carbonyl (C=O) groups is 1. The maximum absolute atomic E-state index is 12.1. The molecule has 2 saturated carbocycles. The summed E-state index contributed by atoms with van der Waals surface area (Å²) in [6.07, 6.45) is 8.28. The van der Waals surface area contributed by atoms with Crippen LogP contribution in [0.1, 0.15) is 51.4 Å². The molecule has 2 aliphatic carbocycles. The second kappa shape index (κ2) is 6.02. The summed E-state index contributed by atoms with van der Waals surface area (Å²) in [4.78, 5) is 12.1. The molecule has 0 aromatic carbocycles. The Morgan fingerprint density at radius 2 is 2.06 bits per heavy atom. The Balaban J connectivity index is 1.80. The summed E-state index contributed by atoms with van der Waals surface area (Å²) in [5.74, 6) is 0.291. The van der Waals surface area contributed by atoms with Crippen LogP contribution in [0.3, 0.4) is 0 Å². The zero-order chi connectivity index (χ0) is 13.0. The summed E-state index contributed by atoms with van der Waals surface area (Å²) in [5.41, 5.74) is 6.00. The molecule has 4 nitrogen and oxygen atoms in total. The van der Waals surface area contributed by atoms with Crippen LogP contribution < -0.4 is 11.1 Å². The first-order valence-corrected chi connectivity index (χ1v) is 7.29. The van der Waals surface area contributed by atoms with Gasteiger partial charge in [0.25, 0.3) is 0 Å². The molecule has 0 aromatic heterocycles. The Morgan fingerprint density at radius 1 is 1.33 bits per heavy atom. The molecule has 2 fully saturated rings. The van der Waals surface area contributed by atoms with E-state index in [2.05, 4.69) is 5.32 Å². The summed E-state index contributed by atoms with van der Waals surface area (Å²) < 4.78 is 0. The van der Waals surface area contributed by atoms with Gasteiger partial charge in [-0.1, -0.05) is 12.8 Å². The van der Waals surface area contributed by atoms with Gasteiger partial charge >= 0.3 is 0 Å². The van der Waals surface area contributed by atoms with E-state index in [0.717, 1.165) is 45.1 Å². The number of aliphatic hydroxyl groups excluding tert-OH is 1. The molecule has 2 unspecified atom stereocenters. The summed E-state index contributed by atoms with van der Waals surface area (Å²) in [7, 11) is 0. The summed E-state index contributed by atoms with van der Waals surface area (Å²) in [6.45, 7) is 0.961. The van der Waals surface area contributed by atoms with Crippen LogP contribution >= 0.6 is 0 Å². The van der Waals surface area contributed by atoms with Crippen molar-refractivity contribution in [2.45, 2.75) is 57.4 Å². The molecular formula is C14H26N2O2. The predicted octanol–water partition coefficient (Wildman–Crippen LogP) is 1.17.